The first-order valence-corrected chi connectivity index (χ1v) is 6.07. The van der Waals surface area contributed by atoms with E-state index in [1.807, 2.05) is 0 Å². The van der Waals surface area contributed by atoms with Crippen molar-refractivity contribution in [2.24, 2.45) is 0 Å². The second kappa shape index (κ2) is 6.40. The van der Waals surface area contributed by atoms with Gasteiger partial charge in [0, 0.05) is 18.8 Å². The van der Waals surface area contributed by atoms with Crippen LogP contribution in [0.2, 0.25) is 0 Å². The number of benzene rings is 1. The fourth-order valence-electron chi connectivity index (χ4n) is 1.61. The van der Waals surface area contributed by atoms with Crippen LogP contribution in [0.1, 0.15) is 19.4 Å². The number of carbonyl (C=O) groups excluding carboxylic acids is 2. The Kier molecular flexibility index (Phi) is 5.12. The highest BCUT2D eigenvalue weighted by Crippen LogP contribution is 2.30. The fourth-order valence-corrected chi connectivity index (χ4v) is 1.61. The summed E-state index contributed by atoms with van der Waals surface area (Å²) in [4.78, 5) is 24.6. The summed E-state index contributed by atoms with van der Waals surface area (Å²) in [5.41, 5.74) is -0.948. The third-order valence-corrected chi connectivity index (χ3v) is 2.69. The van der Waals surface area contributed by atoms with Crippen LogP contribution in [0.4, 0.5) is 18.9 Å². The van der Waals surface area contributed by atoms with Crippen molar-refractivity contribution in [3.05, 3.63) is 29.8 Å². The predicted octanol–water partition coefficient (Wildman–Crippen LogP) is 2.51. The summed E-state index contributed by atoms with van der Waals surface area (Å²) in [7, 11) is 0. The quantitative estimate of drug-likeness (QED) is 0.869. The van der Waals surface area contributed by atoms with Crippen molar-refractivity contribution in [1.82, 2.24) is 4.90 Å². The van der Waals surface area contributed by atoms with Crippen molar-refractivity contribution >= 4 is 17.5 Å². The maximum Gasteiger partial charge on any atom is 0.416 e. The molecule has 0 radical (unpaired) electrons. The molecule has 0 heterocycles. The highest BCUT2D eigenvalue weighted by Gasteiger charge is 2.30. The minimum atomic E-state index is -4.50. The molecular formula is C13H15F3N2O2. The predicted molar refractivity (Wildman–Crippen MR) is 68.0 cm³/mol. The van der Waals surface area contributed by atoms with Crippen LogP contribution < -0.4 is 5.32 Å². The van der Waals surface area contributed by atoms with Crippen molar-refractivity contribution in [1.29, 1.82) is 0 Å². The SMILES string of the molecule is CCN(CC)C(=O)C(=O)Nc1cccc(C(F)(F)F)c1. The molecule has 2 amide bonds. The lowest BCUT2D eigenvalue weighted by molar-refractivity contribution is -0.142. The van der Waals surface area contributed by atoms with E-state index in [1.54, 1.807) is 13.8 Å². The zero-order valence-corrected chi connectivity index (χ0v) is 11.1. The number of nitrogens with zero attached hydrogens (tertiary/aromatic N) is 1. The maximum absolute atomic E-state index is 12.5. The van der Waals surface area contributed by atoms with Gasteiger partial charge in [-0.15, -0.1) is 0 Å². The molecule has 0 aliphatic rings. The summed E-state index contributed by atoms with van der Waals surface area (Å²) in [6, 6.07) is 4.14. The van der Waals surface area contributed by atoms with Crippen molar-refractivity contribution in [3.63, 3.8) is 0 Å². The molecule has 4 nitrogen and oxygen atoms in total. The number of hydrogen-bond acceptors (Lipinski definition) is 2. The largest absolute Gasteiger partial charge is 0.416 e. The van der Waals surface area contributed by atoms with Crippen LogP contribution in [0.3, 0.4) is 0 Å². The monoisotopic (exact) mass is 288 g/mol. The number of halogens is 3. The Morgan fingerprint density at radius 1 is 1.20 bits per heavy atom. The van der Waals surface area contributed by atoms with Crippen LogP contribution in [0.5, 0.6) is 0 Å². The number of nitrogens with one attached hydrogen (secondary N) is 1. The molecule has 0 spiro atoms. The van der Waals surface area contributed by atoms with Gasteiger partial charge in [0.1, 0.15) is 0 Å². The van der Waals surface area contributed by atoms with Crippen LogP contribution in [0.15, 0.2) is 24.3 Å². The molecule has 0 atom stereocenters. The standard InChI is InChI=1S/C13H15F3N2O2/c1-3-18(4-2)12(20)11(19)17-10-7-5-6-9(8-10)13(14,15)16/h5-8H,3-4H2,1-2H3,(H,17,19). The van der Waals surface area contributed by atoms with Crippen LogP contribution in [-0.2, 0) is 15.8 Å². The van der Waals surface area contributed by atoms with Crippen molar-refractivity contribution in [2.45, 2.75) is 20.0 Å². The summed E-state index contributed by atoms with van der Waals surface area (Å²) in [5.74, 6) is -1.72. The van der Waals surface area contributed by atoms with Gasteiger partial charge in [-0.25, -0.2) is 0 Å². The molecule has 20 heavy (non-hydrogen) atoms. The smallest absolute Gasteiger partial charge is 0.335 e. The maximum atomic E-state index is 12.5. The minimum absolute atomic E-state index is 0.0645. The minimum Gasteiger partial charge on any atom is -0.335 e. The molecular weight excluding hydrogens is 273 g/mol. The van der Waals surface area contributed by atoms with E-state index in [0.717, 1.165) is 12.1 Å². The molecule has 0 saturated heterocycles. The van der Waals surface area contributed by atoms with E-state index in [0.29, 0.717) is 13.1 Å². The third kappa shape index (κ3) is 3.97. The number of rotatable bonds is 3. The van der Waals surface area contributed by atoms with Crippen LogP contribution in [-0.4, -0.2) is 29.8 Å². The lowest BCUT2D eigenvalue weighted by Gasteiger charge is -2.18. The molecule has 1 N–H and O–H groups in total. The summed E-state index contributed by atoms with van der Waals surface area (Å²) < 4.78 is 37.5. The average Bonchev–Trinajstić information content (AvgIpc) is 2.39. The van der Waals surface area contributed by atoms with Gasteiger partial charge in [0.2, 0.25) is 0 Å². The van der Waals surface area contributed by atoms with E-state index in [9.17, 15) is 22.8 Å². The van der Waals surface area contributed by atoms with Gasteiger partial charge in [-0.1, -0.05) is 6.07 Å². The number of anilines is 1. The van der Waals surface area contributed by atoms with Gasteiger partial charge in [0.15, 0.2) is 0 Å². The number of carbonyl (C=O) groups is 2. The second-order valence-electron chi connectivity index (χ2n) is 4.01. The topological polar surface area (TPSA) is 49.4 Å². The van der Waals surface area contributed by atoms with E-state index in [1.165, 1.54) is 17.0 Å². The fraction of sp³-hybridized carbons (Fsp3) is 0.385. The first kappa shape index (κ1) is 16.0. The molecule has 7 heteroatoms. The summed E-state index contributed by atoms with van der Waals surface area (Å²) in [5, 5.41) is 2.17. The molecule has 0 aliphatic heterocycles. The highest BCUT2D eigenvalue weighted by atomic mass is 19.4. The zero-order valence-electron chi connectivity index (χ0n) is 11.1. The molecule has 1 aromatic carbocycles. The summed E-state index contributed by atoms with van der Waals surface area (Å²) >= 11 is 0. The Hall–Kier alpha value is -2.05. The van der Waals surface area contributed by atoms with E-state index < -0.39 is 23.6 Å². The molecule has 0 saturated carbocycles. The number of likely N-dealkylation sites (N-methyl/N-ethyl adjacent to an activating group) is 1. The normalized spacial score (nSPS) is 11.1. The van der Waals surface area contributed by atoms with Gasteiger partial charge in [-0.05, 0) is 32.0 Å². The van der Waals surface area contributed by atoms with Gasteiger partial charge < -0.3 is 10.2 Å². The lowest BCUT2D eigenvalue weighted by atomic mass is 10.2. The molecule has 1 aromatic rings. The first-order valence-electron chi connectivity index (χ1n) is 6.07. The number of amides is 2. The van der Waals surface area contributed by atoms with Gasteiger partial charge in [0.25, 0.3) is 0 Å². The molecule has 0 aliphatic carbocycles. The Morgan fingerprint density at radius 2 is 1.80 bits per heavy atom. The second-order valence-corrected chi connectivity index (χ2v) is 4.01. The Labute approximate surface area is 114 Å². The molecule has 0 aromatic heterocycles. The Bertz CT molecular complexity index is 497. The van der Waals surface area contributed by atoms with Crippen molar-refractivity contribution in [3.8, 4) is 0 Å². The lowest BCUT2D eigenvalue weighted by Crippen LogP contribution is -2.39. The molecule has 0 bridgehead atoms. The van der Waals surface area contributed by atoms with Crippen molar-refractivity contribution in [2.75, 3.05) is 18.4 Å². The highest BCUT2D eigenvalue weighted by molar-refractivity contribution is 6.39. The summed E-state index contributed by atoms with van der Waals surface area (Å²) in [6.07, 6.45) is -4.50. The van der Waals surface area contributed by atoms with E-state index >= 15 is 0 Å². The van der Waals surface area contributed by atoms with Crippen LogP contribution >= 0.6 is 0 Å². The Morgan fingerprint density at radius 3 is 2.30 bits per heavy atom. The molecule has 0 fully saturated rings. The van der Waals surface area contributed by atoms with E-state index in [4.69, 9.17) is 0 Å². The summed E-state index contributed by atoms with van der Waals surface area (Å²) in [6.45, 7) is 4.12. The van der Waals surface area contributed by atoms with Gasteiger partial charge in [0.05, 0.1) is 5.56 Å². The van der Waals surface area contributed by atoms with E-state index in [-0.39, 0.29) is 5.69 Å². The van der Waals surface area contributed by atoms with Gasteiger partial charge in [-0.2, -0.15) is 13.2 Å². The average molecular weight is 288 g/mol. The first-order chi connectivity index (χ1) is 9.29. The number of hydrogen-bond donors (Lipinski definition) is 1. The third-order valence-electron chi connectivity index (χ3n) is 2.69. The zero-order chi connectivity index (χ0) is 15.3. The van der Waals surface area contributed by atoms with Gasteiger partial charge >= 0.3 is 18.0 Å². The van der Waals surface area contributed by atoms with Crippen LogP contribution in [0.25, 0.3) is 0 Å². The van der Waals surface area contributed by atoms with Crippen LogP contribution in [0, 0.1) is 0 Å². The number of alkyl halides is 3. The van der Waals surface area contributed by atoms with Gasteiger partial charge in [-0.3, -0.25) is 9.59 Å². The van der Waals surface area contributed by atoms with Crippen molar-refractivity contribution < 1.29 is 22.8 Å². The molecule has 0 unspecified atom stereocenters. The molecule has 1 rings (SSSR count). The Balaban J connectivity index is 2.84. The molecule has 110 valence electrons. The van der Waals surface area contributed by atoms with E-state index in [2.05, 4.69) is 5.32 Å².